The van der Waals surface area contributed by atoms with E-state index in [1.165, 1.54) is 0 Å². The molecule has 0 aliphatic carbocycles. The van der Waals surface area contributed by atoms with Gasteiger partial charge in [0.1, 0.15) is 5.82 Å². The standard InChI is InChI=1S/C23H28N4O2S/c1-15(2)14-27(23(29)24-17-10-12-18(30-5)13-11-17)16(3)21-25-20-9-7-6-8-19(20)22(28)26(21)4/h6-13,15-16H,14H2,1-5H3,(H,24,29). The van der Waals surface area contributed by atoms with Gasteiger partial charge in [0.25, 0.3) is 5.56 Å². The van der Waals surface area contributed by atoms with Gasteiger partial charge in [-0.05, 0) is 55.5 Å². The van der Waals surface area contributed by atoms with Gasteiger partial charge in [0.15, 0.2) is 0 Å². The van der Waals surface area contributed by atoms with Crippen molar-refractivity contribution < 1.29 is 4.79 Å². The van der Waals surface area contributed by atoms with E-state index in [4.69, 9.17) is 4.98 Å². The lowest BCUT2D eigenvalue weighted by Crippen LogP contribution is -2.41. The minimum Gasteiger partial charge on any atom is -0.314 e. The number of thioether (sulfide) groups is 1. The molecular weight excluding hydrogens is 396 g/mol. The maximum absolute atomic E-state index is 13.2. The van der Waals surface area contributed by atoms with Crippen molar-refractivity contribution in [3.63, 3.8) is 0 Å². The largest absolute Gasteiger partial charge is 0.322 e. The van der Waals surface area contributed by atoms with Crippen molar-refractivity contribution in [1.29, 1.82) is 0 Å². The third-order valence-corrected chi connectivity index (χ3v) is 5.77. The molecule has 0 fully saturated rings. The van der Waals surface area contributed by atoms with Crippen molar-refractivity contribution in [2.75, 3.05) is 18.1 Å². The van der Waals surface area contributed by atoms with Crippen molar-refractivity contribution in [2.24, 2.45) is 13.0 Å². The van der Waals surface area contributed by atoms with E-state index >= 15 is 0 Å². The summed E-state index contributed by atoms with van der Waals surface area (Å²) in [5, 5.41) is 3.56. The molecule has 0 bridgehead atoms. The van der Waals surface area contributed by atoms with Gasteiger partial charge in [0.05, 0.1) is 16.9 Å². The van der Waals surface area contributed by atoms with Gasteiger partial charge in [-0.1, -0.05) is 26.0 Å². The molecule has 0 spiro atoms. The van der Waals surface area contributed by atoms with E-state index in [-0.39, 0.29) is 23.6 Å². The van der Waals surface area contributed by atoms with E-state index < -0.39 is 0 Å². The molecule has 1 N–H and O–H groups in total. The number of nitrogens with one attached hydrogen (secondary N) is 1. The summed E-state index contributed by atoms with van der Waals surface area (Å²) >= 11 is 1.65. The maximum Gasteiger partial charge on any atom is 0.322 e. The van der Waals surface area contributed by atoms with Gasteiger partial charge in [-0.3, -0.25) is 9.36 Å². The molecule has 3 rings (SSSR count). The first-order valence-electron chi connectivity index (χ1n) is 9.99. The zero-order chi connectivity index (χ0) is 21.8. The van der Waals surface area contributed by atoms with E-state index in [2.05, 4.69) is 19.2 Å². The maximum atomic E-state index is 13.2. The molecule has 0 aliphatic heterocycles. The molecule has 0 saturated heterocycles. The molecule has 2 amide bonds. The summed E-state index contributed by atoms with van der Waals surface area (Å²) < 4.78 is 1.54. The Labute approximate surface area is 181 Å². The number of nitrogens with zero attached hydrogens (tertiary/aromatic N) is 3. The van der Waals surface area contributed by atoms with Crippen LogP contribution in [0.25, 0.3) is 10.9 Å². The van der Waals surface area contributed by atoms with Crippen LogP contribution in [-0.2, 0) is 7.05 Å². The van der Waals surface area contributed by atoms with Gasteiger partial charge in [0, 0.05) is 24.2 Å². The zero-order valence-corrected chi connectivity index (χ0v) is 18.9. The first-order chi connectivity index (χ1) is 14.3. The highest BCUT2D eigenvalue weighted by molar-refractivity contribution is 7.98. The summed E-state index contributed by atoms with van der Waals surface area (Å²) in [6, 6.07) is 14.4. The molecule has 30 heavy (non-hydrogen) atoms. The SMILES string of the molecule is CSc1ccc(NC(=O)N(CC(C)C)C(C)c2nc3ccccc3c(=O)n2C)cc1. The Bertz CT molecular complexity index is 1090. The minimum atomic E-state index is -0.375. The van der Waals surface area contributed by atoms with Crippen LogP contribution >= 0.6 is 11.8 Å². The Balaban J connectivity index is 1.94. The number of para-hydroxylation sites is 1. The summed E-state index contributed by atoms with van der Waals surface area (Å²) in [6.45, 7) is 6.58. The normalized spacial score (nSPS) is 12.2. The molecule has 6 nitrogen and oxygen atoms in total. The summed E-state index contributed by atoms with van der Waals surface area (Å²) in [5.74, 6) is 0.821. The summed E-state index contributed by atoms with van der Waals surface area (Å²) in [7, 11) is 1.71. The Morgan fingerprint density at radius 3 is 2.43 bits per heavy atom. The predicted octanol–water partition coefficient (Wildman–Crippen LogP) is 4.91. The van der Waals surface area contributed by atoms with Crippen molar-refractivity contribution >= 4 is 34.4 Å². The molecule has 0 aliphatic rings. The van der Waals surface area contributed by atoms with Crippen molar-refractivity contribution in [2.45, 2.75) is 31.7 Å². The fourth-order valence-corrected chi connectivity index (χ4v) is 3.84. The number of anilines is 1. The second-order valence-corrected chi connectivity index (χ2v) is 8.61. The fraction of sp³-hybridized carbons (Fsp3) is 0.348. The molecule has 0 radical (unpaired) electrons. The van der Waals surface area contributed by atoms with Crippen molar-refractivity contribution in [3.05, 3.63) is 64.7 Å². The molecule has 2 aromatic carbocycles. The number of benzene rings is 2. The van der Waals surface area contributed by atoms with Crippen LogP contribution in [0.5, 0.6) is 0 Å². The number of hydrogen-bond donors (Lipinski definition) is 1. The van der Waals surface area contributed by atoms with Crippen LogP contribution in [0.1, 0.15) is 32.6 Å². The zero-order valence-electron chi connectivity index (χ0n) is 18.0. The topological polar surface area (TPSA) is 67.2 Å². The Kier molecular flexibility index (Phi) is 6.82. The average Bonchev–Trinajstić information content (AvgIpc) is 2.74. The highest BCUT2D eigenvalue weighted by Crippen LogP contribution is 2.23. The summed E-state index contributed by atoms with van der Waals surface area (Å²) in [4.78, 5) is 33.6. The van der Waals surface area contributed by atoms with E-state index in [1.807, 2.05) is 55.6 Å². The molecule has 1 atom stereocenters. The number of rotatable bonds is 6. The number of fused-ring (bicyclic) bond motifs is 1. The van der Waals surface area contributed by atoms with Crippen LogP contribution in [0.4, 0.5) is 10.5 Å². The first kappa shape index (κ1) is 21.9. The number of urea groups is 1. The van der Waals surface area contributed by atoms with Crippen LogP contribution in [0.2, 0.25) is 0 Å². The van der Waals surface area contributed by atoms with Gasteiger partial charge >= 0.3 is 6.03 Å². The van der Waals surface area contributed by atoms with Gasteiger partial charge < -0.3 is 10.2 Å². The van der Waals surface area contributed by atoms with Crippen LogP contribution in [-0.4, -0.2) is 33.3 Å². The number of amides is 2. The Morgan fingerprint density at radius 2 is 1.80 bits per heavy atom. The number of aromatic nitrogens is 2. The summed E-state index contributed by atoms with van der Waals surface area (Å²) in [6.07, 6.45) is 2.01. The van der Waals surface area contributed by atoms with Gasteiger partial charge in [-0.2, -0.15) is 0 Å². The monoisotopic (exact) mass is 424 g/mol. The molecule has 1 heterocycles. The van der Waals surface area contributed by atoms with Crippen molar-refractivity contribution in [1.82, 2.24) is 14.5 Å². The molecular formula is C23H28N4O2S. The quantitative estimate of drug-likeness (QED) is 0.571. The average molecular weight is 425 g/mol. The lowest BCUT2D eigenvalue weighted by atomic mass is 10.1. The molecule has 0 saturated carbocycles. The van der Waals surface area contributed by atoms with Gasteiger partial charge in [0.2, 0.25) is 0 Å². The van der Waals surface area contributed by atoms with E-state index in [1.54, 1.807) is 34.3 Å². The lowest BCUT2D eigenvalue weighted by Gasteiger charge is -2.31. The van der Waals surface area contributed by atoms with Crippen LogP contribution in [0.15, 0.2) is 58.2 Å². The number of carbonyl (C=O) groups excluding carboxylic acids is 1. The third kappa shape index (κ3) is 4.67. The van der Waals surface area contributed by atoms with Crippen LogP contribution in [0.3, 0.4) is 0 Å². The summed E-state index contributed by atoms with van der Waals surface area (Å²) in [5.41, 5.74) is 1.26. The van der Waals surface area contributed by atoms with Gasteiger partial charge in [-0.25, -0.2) is 9.78 Å². The molecule has 3 aromatic rings. The van der Waals surface area contributed by atoms with E-state index in [0.29, 0.717) is 23.3 Å². The molecule has 7 heteroatoms. The predicted molar refractivity (Wildman–Crippen MR) is 124 cm³/mol. The molecule has 1 unspecified atom stereocenters. The second kappa shape index (κ2) is 9.34. The van der Waals surface area contributed by atoms with Crippen LogP contribution < -0.4 is 10.9 Å². The van der Waals surface area contributed by atoms with E-state index in [0.717, 1.165) is 10.6 Å². The third-order valence-electron chi connectivity index (χ3n) is 5.02. The van der Waals surface area contributed by atoms with Gasteiger partial charge in [-0.15, -0.1) is 11.8 Å². The number of hydrogen-bond acceptors (Lipinski definition) is 4. The smallest absolute Gasteiger partial charge is 0.314 e. The number of carbonyl (C=O) groups is 1. The highest BCUT2D eigenvalue weighted by atomic mass is 32.2. The van der Waals surface area contributed by atoms with Crippen LogP contribution in [0, 0.1) is 5.92 Å². The lowest BCUT2D eigenvalue weighted by molar-refractivity contribution is 0.179. The highest BCUT2D eigenvalue weighted by Gasteiger charge is 2.26. The fourth-order valence-electron chi connectivity index (χ4n) is 3.43. The molecule has 1 aromatic heterocycles. The minimum absolute atomic E-state index is 0.111. The first-order valence-corrected chi connectivity index (χ1v) is 11.2. The Hall–Kier alpha value is -2.80. The van der Waals surface area contributed by atoms with E-state index in [9.17, 15) is 9.59 Å². The Morgan fingerprint density at radius 1 is 1.13 bits per heavy atom. The second-order valence-electron chi connectivity index (χ2n) is 7.73. The molecule has 158 valence electrons. The van der Waals surface area contributed by atoms with Crippen molar-refractivity contribution in [3.8, 4) is 0 Å².